The first-order chi connectivity index (χ1) is 8.66. The highest BCUT2D eigenvalue weighted by molar-refractivity contribution is 6.03. The van der Waals surface area contributed by atoms with Crippen molar-refractivity contribution in [1.29, 1.82) is 0 Å². The van der Waals surface area contributed by atoms with Crippen molar-refractivity contribution in [2.75, 3.05) is 25.2 Å². The largest absolute Gasteiger partial charge is 0.423 e. The molecule has 1 aromatic carbocycles. The monoisotopic (exact) mass is 247 g/mol. The molecule has 2 aromatic rings. The minimum atomic E-state index is -0.505. The molecule has 1 amide bonds. The molecule has 1 aliphatic rings. The Kier molecular flexibility index (Phi) is 2.45. The molecule has 0 spiro atoms. The van der Waals surface area contributed by atoms with Gasteiger partial charge in [-0.15, -0.1) is 0 Å². The van der Waals surface area contributed by atoms with Crippen LogP contribution in [0.15, 0.2) is 22.6 Å². The summed E-state index contributed by atoms with van der Waals surface area (Å²) in [5.41, 5.74) is 6.75. The van der Waals surface area contributed by atoms with E-state index in [0.717, 1.165) is 0 Å². The molecule has 0 aliphatic carbocycles. The van der Waals surface area contributed by atoms with Crippen LogP contribution in [0.5, 0.6) is 0 Å². The number of aromatic nitrogens is 1. The van der Waals surface area contributed by atoms with Crippen molar-refractivity contribution < 1.29 is 13.9 Å². The fourth-order valence-electron chi connectivity index (χ4n) is 1.89. The van der Waals surface area contributed by atoms with Crippen LogP contribution in [0.3, 0.4) is 0 Å². The first-order valence-corrected chi connectivity index (χ1v) is 5.67. The molecule has 0 bridgehead atoms. The minimum Gasteiger partial charge on any atom is -0.423 e. The third kappa shape index (κ3) is 1.62. The van der Waals surface area contributed by atoms with E-state index in [-0.39, 0.29) is 6.04 Å². The topological polar surface area (TPSA) is 81.6 Å². The van der Waals surface area contributed by atoms with Gasteiger partial charge in [-0.3, -0.25) is 4.79 Å². The number of amides is 1. The van der Waals surface area contributed by atoms with Crippen molar-refractivity contribution in [2.45, 2.75) is 6.04 Å². The number of anilines is 1. The molecule has 2 heterocycles. The minimum absolute atomic E-state index is 0.273. The van der Waals surface area contributed by atoms with E-state index in [4.69, 9.17) is 14.9 Å². The van der Waals surface area contributed by atoms with Crippen molar-refractivity contribution in [1.82, 2.24) is 4.98 Å². The Morgan fingerprint density at radius 3 is 2.89 bits per heavy atom. The van der Waals surface area contributed by atoms with E-state index >= 15 is 0 Å². The van der Waals surface area contributed by atoms with Crippen molar-refractivity contribution in [2.24, 2.45) is 5.73 Å². The van der Waals surface area contributed by atoms with E-state index in [1.807, 2.05) is 11.9 Å². The van der Waals surface area contributed by atoms with Gasteiger partial charge in [-0.25, -0.2) is 0 Å². The first-order valence-electron chi connectivity index (χ1n) is 5.67. The molecule has 94 valence electrons. The Morgan fingerprint density at radius 2 is 2.28 bits per heavy atom. The van der Waals surface area contributed by atoms with Gasteiger partial charge in [0.2, 0.25) is 0 Å². The SMILES string of the molecule is CN(c1nc2c(C(N)=O)cccc2o1)C1COC1. The van der Waals surface area contributed by atoms with E-state index in [0.29, 0.717) is 35.9 Å². The second-order valence-electron chi connectivity index (χ2n) is 4.32. The van der Waals surface area contributed by atoms with E-state index in [9.17, 15) is 4.79 Å². The molecule has 3 rings (SSSR count). The Hall–Kier alpha value is -2.08. The molecule has 1 saturated heterocycles. The molecule has 1 aromatic heterocycles. The number of ether oxygens (including phenoxy) is 1. The average molecular weight is 247 g/mol. The molecule has 0 atom stereocenters. The third-order valence-electron chi connectivity index (χ3n) is 3.14. The number of carbonyl (C=O) groups excluding carboxylic acids is 1. The summed E-state index contributed by atoms with van der Waals surface area (Å²) < 4.78 is 10.8. The zero-order chi connectivity index (χ0) is 12.7. The molecule has 6 heteroatoms. The van der Waals surface area contributed by atoms with Gasteiger partial charge in [0.1, 0.15) is 5.52 Å². The number of carbonyl (C=O) groups is 1. The Morgan fingerprint density at radius 1 is 1.50 bits per heavy atom. The number of likely N-dealkylation sites (N-methyl/N-ethyl adjacent to an activating group) is 1. The predicted molar refractivity (Wildman–Crippen MR) is 65.5 cm³/mol. The van der Waals surface area contributed by atoms with Crippen LogP contribution in [0, 0.1) is 0 Å². The van der Waals surface area contributed by atoms with Gasteiger partial charge >= 0.3 is 0 Å². The van der Waals surface area contributed by atoms with E-state index in [1.54, 1.807) is 18.2 Å². The molecule has 0 saturated carbocycles. The van der Waals surface area contributed by atoms with Gasteiger partial charge in [0.15, 0.2) is 5.58 Å². The van der Waals surface area contributed by atoms with E-state index in [1.165, 1.54) is 0 Å². The number of hydrogen-bond donors (Lipinski definition) is 1. The van der Waals surface area contributed by atoms with Crippen LogP contribution >= 0.6 is 0 Å². The van der Waals surface area contributed by atoms with Crippen LogP contribution in [0.25, 0.3) is 11.1 Å². The highest BCUT2D eigenvalue weighted by atomic mass is 16.5. The summed E-state index contributed by atoms with van der Waals surface area (Å²) in [5, 5.41) is 0. The maximum atomic E-state index is 11.3. The summed E-state index contributed by atoms with van der Waals surface area (Å²) >= 11 is 0. The van der Waals surface area contributed by atoms with Gasteiger partial charge in [0.25, 0.3) is 11.9 Å². The standard InChI is InChI=1S/C12H13N3O3/c1-15(7-5-17-6-7)12-14-10-8(11(13)16)3-2-4-9(10)18-12/h2-4,7H,5-6H2,1H3,(H2,13,16). The molecule has 0 radical (unpaired) electrons. The Balaban J connectivity index is 2.04. The molecule has 1 aliphatic heterocycles. The number of nitrogens with zero attached hydrogens (tertiary/aromatic N) is 2. The Labute approximate surface area is 103 Å². The lowest BCUT2D eigenvalue weighted by Crippen LogP contribution is -2.47. The first kappa shape index (κ1) is 11.0. The third-order valence-corrected chi connectivity index (χ3v) is 3.14. The molecular weight excluding hydrogens is 234 g/mol. The number of rotatable bonds is 3. The fourth-order valence-corrected chi connectivity index (χ4v) is 1.89. The highest BCUT2D eigenvalue weighted by Crippen LogP contribution is 2.26. The van der Waals surface area contributed by atoms with Gasteiger partial charge in [-0.2, -0.15) is 4.98 Å². The number of nitrogens with two attached hydrogens (primary N) is 1. The van der Waals surface area contributed by atoms with Gasteiger partial charge < -0.3 is 19.8 Å². The Bertz CT molecular complexity index is 604. The number of oxazole rings is 1. The van der Waals surface area contributed by atoms with Gasteiger partial charge in [0.05, 0.1) is 24.8 Å². The molecule has 1 fully saturated rings. The quantitative estimate of drug-likeness (QED) is 0.866. The van der Waals surface area contributed by atoms with E-state index in [2.05, 4.69) is 4.98 Å². The summed E-state index contributed by atoms with van der Waals surface area (Å²) in [5.74, 6) is -0.505. The second kappa shape index (κ2) is 3.99. The fraction of sp³-hybridized carbons (Fsp3) is 0.333. The van der Waals surface area contributed by atoms with Crippen LogP contribution in [-0.2, 0) is 4.74 Å². The predicted octanol–water partition coefficient (Wildman–Crippen LogP) is 0.762. The van der Waals surface area contributed by atoms with Crippen LogP contribution in [-0.4, -0.2) is 37.2 Å². The molecule has 0 unspecified atom stereocenters. The second-order valence-corrected chi connectivity index (χ2v) is 4.32. The normalized spacial score (nSPS) is 15.6. The summed E-state index contributed by atoms with van der Waals surface area (Å²) in [6, 6.07) is 5.89. The van der Waals surface area contributed by atoms with Crippen molar-refractivity contribution in [3.8, 4) is 0 Å². The van der Waals surface area contributed by atoms with Gasteiger partial charge in [0, 0.05) is 7.05 Å². The number of para-hydroxylation sites is 1. The van der Waals surface area contributed by atoms with Gasteiger partial charge in [-0.1, -0.05) is 6.07 Å². The maximum absolute atomic E-state index is 11.3. The summed E-state index contributed by atoms with van der Waals surface area (Å²) in [6.07, 6.45) is 0. The van der Waals surface area contributed by atoms with Crippen molar-refractivity contribution in [3.05, 3.63) is 23.8 Å². The lowest BCUT2D eigenvalue weighted by atomic mass is 10.2. The number of hydrogen-bond acceptors (Lipinski definition) is 5. The molecule has 18 heavy (non-hydrogen) atoms. The number of primary amides is 1. The summed E-state index contributed by atoms with van der Waals surface area (Å²) in [7, 11) is 1.89. The summed E-state index contributed by atoms with van der Waals surface area (Å²) in [6.45, 7) is 1.33. The highest BCUT2D eigenvalue weighted by Gasteiger charge is 2.27. The number of fused-ring (bicyclic) bond motifs is 1. The van der Waals surface area contributed by atoms with E-state index < -0.39 is 5.91 Å². The van der Waals surface area contributed by atoms with Crippen molar-refractivity contribution in [3.63, 3.8) is 0 Å². The number of benzene rings is 1. The molecule has 6 nitrogen and oxygen atoms in total. The molecule has 2 N–H and O–H groups in total. The van der Waals surface area contributed by atoms with Crippen LogP contribution < -0.4 is 10.6 Å². The lowest BCUT2D eigenvalue weighted by molar-refractivity contribution is 0.00864. The zero-order valence-corrected chi connectivity index (χ0v) is 9.92. The summed E-state index contributed by atoms with van der Waals surface area (Å²) in [4.78, 5) is 17.6. The maximum Gasteiger partial charge on any atom is 0.298 e. The molecular formula is C12H13N3O3. The van der Waals surface area contributed by atoms with Gasteiger partial charge in [-0.05, 0) is 12.1 Å². The average Bonchev–Trinajstić information content (AvgIpc) is 2.69. The van der Waals surface area contributed by atoms with Crippen LogP contribution in [0.2, 0.25) is 0 Å². The zero-order valence-electron chi connectivity index (χ0n) is 9.92. The van der Waals surface area contributed by atoms with Crippen LogP contribution in [0.1, 0.15) is 10.4 Å². The lowest BCUT2D eigenvalue weighted by Gasteiger charge is -2.33. The van der Waals surface area contributed by atoms with Crippen molar-refractivity contribution >= 4 is 23.0 Å². The van der Waals surface area contributed by atoms with Crippen LogP contribution in [0.4, 0.5) is 6.01 Å². The smallest absolute Gasteiger partial charge is 0.298 e.